The Kier molecular flexibility index (Phi) is 5.82. The van der Waals surface area contributed by atoms with E-state index in [1.165, 1.54) is 5.56 Å². The zero-order valence-electron chi connectivity index (χ0n) is 10.1. The molecular weight excluding hydrogens is 202 g/mol. The number of anilines is 1. The molecule has 0 spiro atoms. The molecule has 2 N–H and O–H groups in total. The van der Waals surface area contributed by atoms with Gasteiger partial charge in [-0.05, 0) is 25.1 Å². The van der Waals surface area contributed by atoms with Crippen LogP contribution in [0.5, 0.6) is 0 Å². The van der Waals surface area contributed by atoms with E-state index in [1.807, 2.05) is 12.3 Å². The van der Waals surface area contributed by atoms with Crippen LogP contribution >= 0.6 is 0 Å². The number of pyridine rings is 1. The van der Waals surface area contributed by atoms with Crippen molar-refractivity contribution in [2.75, 3.05) is 31.1 Å². The van der Waals surface area contributed by atoms with Crippen LogP contribution in [0, 0.1) is 0 Å². The maximum atomic E-state index is 8.92. The molecule has 0 radical (unpaired) electrons. The van der Waals surface area contributed by atoms with Crippen molar-refractivity contribution in [2.24, 2.45) is 0 Å². The van der Waals surface area contributed by atoms with Gasteiger partial charge in [0.05, 0.1) is 6.61 Å². The van der Waals surface area contributed by atoms with Gasteiger partial charge in [0.2, 0.25) is 0 Å². The number of hydrogen-bond acceptors (Lipinski definition) is 4. The molecule has 0 unspecified atom stereocenters. The Morgan fingerprint density at radius 2 is 2.19 bits per heavy atom. The van der Waals surface area contributed by atoms with Crippen LogP contribution in [-0.4, -0.2) is 36.3 Å². The fourth-order valence-electron chi connectivity index (χ4n) is 1.53. The van der Waals surface area contributed by atoms with Crippen LogP contribution in [0.3, 0.4) is 0 Å². The minimum atomic E-state index is 0.161. The maximum Gasteiger partial charge on any atom is 0.128 e. The zero-order valence-corrected chi connectivity index (χ0v) is 10.1. The minimum Gasteiger partial charge on any atom is -0.395 e. The van der Waals surface area contributed by atoms with E-state index in [9.17, 15) is 0 Å². The average Bonchev–Trinajstić information content (AvgIpc) is 2.34. The lowest BCUT2D eigenvalue weighted by Crippen LogP contribution is -2.27. The van der Waals surface area contributed by atoms with Crippen LogP contribution in [0.2, 0.25) is 0 Å². The molecule has 0 saturated carbocycles. The van der Waals surface area contributed by atoms with Gasteiger partial charge in [0.1, 0.15) is 5.82 Å². The maximum absolute atomic E-state index is 8.92. The molecule has 16 heavy (non-hydrogen) atoms. The summed E-state index contributed by atoms with van der Waals surface area (Å²) in [5, 5.41) is 12.2. The predicted octanol–water partition coefficient (Wildman–Crippen LogP) is 1.01. The van der Waals surface area contributed by atoms with Crippen molar-refractivity contribution in [3.8, 4) is 0 Å². The summed E-state index contributed by atoms with van der Waals surface area (Å²) in [5.41, 5.74) is 1.19. The fourth-order valence-corrected chi connectivity index (χ4v) is 1.53. The van der Waals surface area contributed by atoms with Gasteiger partial charge in [-0.2, -0.15) is 0 Å². The second kappa shape index (κ2) is 7.19. The van der Waals surface area contributed by atoms with Gasteiger partial charge in [0, 0.05) is 25.8 Å². The highest BCUT2D eigenvalue weighted by Gasteiger charge is 2.04. The standard InChI is InChI=1S/C12H21N3O/c1-3-13-9-11-5-6-12(14-10-11)15(4-2)7-8-16/h5-6,10,13,16H,3-4,7-9H2,1-2H3. The van der Waals surface area contributed by atoms with E-state index in [2.05, 4.69) is 35.1 Å². The summed E-state index contributed by atoms with van der Waals surface area (Å²) in [6.07, 6.45) is 1.89. The first-order valence-corrected chi connectivity index (χ1v) is 5.83. The largest absolute Gasteiger partial charge is 0.395 e. The van der Waals surface area contributed by atoms with Gasteiger partial charge in [-0.3, -0.25) is 0 Å². The molecule has 1 rings (SSSR count). The molecule has 1 aromatic heterocycles. The van der Waals surface area contributed by atoms with E-state index in [4.69, 9.17) is 5.11 Å². The predicted molar refractivity (Wildman–Crippen MR) is 66.6 cm³/mol. The Labute approximate surface area is 97.3 Å². The van der Waals surface area contributed by atoms with Gasteiger partial charge in [0.25, 0.3) is 0 Å². The summed E-state index contributed by atoms with van der Waals surface area (Å²) in [4.78, 5) is 6.45. The smallest absolute Gasteiger partial charge is 0.128 e. The first-order valence-electron chi connectivity index (χ1n) is 5.83. The minimum absolute atomic E-state index is 0.161. The monoisotopic (exact) mass is 223 g/mol. The number of aliphatic hydroxyl groups excluding tert-OH is 1. The molecular formula is C12H21N3O. The van der Waals surface area contributed by atoms with E-state index in [-0.39, 0.29) is 6.61 Å². The average molecular weight is 223 g/mol. The van der Waals surface area contributed by atoms with Crippen molar-refractivity contribution in [1.29, 1.82) is 0 Å². The van der Waals surface area contributed by atoms with Crippen molar-refractivity contribution in [3.05, 3.63) is 23.9 Å². The van der Waals surface area contributed by atoms with Crippen LogP contribution in [0.25, 0.3) is 0 Å². The highest BCUT2D eigenvalue weighted by molar-refractivity contribution is 5.39. The van der Waals surface area contributed by atoms with Gasteiger partial charge in [-0.1, -0.05) is 13.0 Å². The number of likely N-dealkylation sites (N-methyl/N-ethyl adjacent to an activating group) is 1. The fraction of sp³-hybridized carbons (Fsp3) is 0.583. The van der Waals surface area contributed by atoms with Crippen LogP contribution in [0.1, 0.15) is 19.4 Å². The number of nitrogens with zero attached hydrogens (tertiary/aromatic N) is 2. The van der Waals surface area contributed by atoms with E-state index >= 15 is 0 Å². The number of hydrogen-bond donors (Lipinski definition) is 2. The van der Waals surface area contributed by atoms with Gasteiger partial charge >= 0.3 is 0 Å². The lowest BCUT2D eigenvalue weighted by Gasteiger charge is -2.20. The van der Waals surface area contributed by atoms with Gasteiger partial charge in [-0.25, -0.2) is 4.98 Å². The second-order valence-electron chi connectivity index (χ2n) is 3.61. The first kappa shape index (κ1) is 12.9. The first-order chi connectivity index (χ1) is 7.81. The van der Waals surface area contributed by atoms with Gasteiger partial charge in [-0.15, -0.1) is 0 Å². The molecule has 4 heteroatoms. The highest BCUT2D eigenvalue weighted by atomic mass is 16.3. The molecule has 4 nitrogen and oxygen atoms in total. The Hall–Kier alpha value is -1.13. The number of nitrogens with one attached hydrogen (secondary N) is 1. The van der Waals surface area contributed by atoms with Crippen molar-refractivity contribution in [1.82, 2.24) is 10.3 Å². The topological polar surface area (TPSA) is 48.4 Å². The molecule has 0 amide bonds. The van der Waals surface area contributed by atoms with Crippen LogP contribution in [0.15, 0.2) is 18.3 Å². The molecule has 0 bridgehead atoms. The number of aromatic nitrogens is 1. The number of rotatable bonds is 7. The van der Waals surface area contributed by atoms with E-state index < -0.39 is 0 Å². The molecule has 0 saturated heterocycles. The molecule has 1 heterocycles. The third kappa shape index (κ3) is 3.79. The van der Waals surface area contributed by atoms with Crippen LogP contribution in [-0.2, 0) is 6.54 Å². The zero-order chi connectivity index (χ0) is 11.8. The van der Waals surface area contributed by atoms with Gasteiger partial charge in [0.15, 0.2) is 0 Å². The van der Waals surface area contributed by atoms with Crippen molar-refractivity contribution in [2.45, 2.75) is 20.4 Å². The quantitative estimate of drug-likeness (QED) is 0.724. The molecule has 0 fully saturated rings. The third-order valence-electron chi connectivity index (χ3n) is 2.46. The SMILES string of the molecule is CCNCc1ccc(N(CC)CCO)nc1. The highest BCUT2D eigenvalue weighted by Crippen LogP contribution is 2.10. The third-order valence-corrected chi connectivity index (χ3v) is 2.46. The van der Waals surface area contributed by atoms with Crippen LogP contribution < -0.4 is 10.2 Å². The van der Waals surface area contributed by atoms with E-state index in [0.29, 0.717) is 6.54 Å². The second-order valence-corrected chi connectivity index (χ2v) is 3.61. The van der Waals surface area contributed by atoms with E-state index in [1.54, 1.807) is 0 Å². The molecule has 0 aliphatic rings. The normalized spacial score (nSPS) is 10.4. The van der Waals surface area contributed by atoms with Crippen molar-refractivity contribution >= 4 is 5.82 Å². The number of aliphatic hydroxyl groups is 1. The molecule has 0 aliphatic carbocycles. The summed E-state index contributed by atoms with van der Waals surface area (Å²) >= 11 is 0. The lowest BCUT2D eigenvalue weighted by molar-refractivity contribution is 0.302. The van der Waals surface area contributed by atoms with E-state index in [0.717, 1.165) is 25.5 Å². The summed E-state index contributed by atoms with van der Waals surface area (Å²) in [5.74, 6) is 0.928. The Balaban J connectivity index is 2.61. The lowest BCUT2D eigenvalue weighted by atomic mass is 10.2. The summed E-state index contributed by atoms with van der Waals surface area (Å²) in [7, 11) is 0. The molecule has 0 atom stereocenters. The molecule has 0 aliphatic heterocycles. The van der Waals surface area contributed by atoms with Crippen molar-refractivity contribution in [3.63, 3.8) is 0 Å². The molecule has 0 aromatic carbocycles. The Bertz CT molecular complexity index is 287. The summed E-state index contributed by atoms with van der Waals surface area (Å²) < 4.78 is 0. The van der Waals surface area contributed by atoms with Crippen molar-refractivity contribution < 1.29 is 5.11 Å². The van der Waals surface area contributed by atoms with Gasteiger partial charge < -0.3 is 15.3 Å². The Morgan fingerprint density at radius 3 is 2.69 bits per heavy atom. The van der Waals surface area contributed by atoms with Crippen LogP contribution in [0.4, 0.5) is 5.82 Å². The Morgan fingerprint density at radius 1 is 1.38 bits per heavy atom. The molecule has 1 aromatic rings. The summed E-state index contributed by atoms with van der Waals surface area (Å²) in [6.45, 7) is 7.62. The molecule has 90 valence electrons. The summed E-state index contributed by atoms with van der Waals surface area (Å²) in [6, 6.07) is 4.08.